The fraction of sp³-hybridized carbons (Fsp3) is 0.417. The molecule has 3 N–H and O–H groups in total. The van der Waals surface area contributed by atoms with Gasteiger partial charge in [-0.15, -0.1) is 0 Å². The second-order valence-electron chi connectivity index (χ2n) is 3.97. The van der Waals surface area contributed by atoms with Crippen molar-refractivity contribution < 1.29 is 10.0 Å². The predicted molar refractivity (Wildman–Crippen MR) is 78.7 cm³/mol. The number of amides is 1. The first-order valence-corrected chi connectivity index (χ1v) is 7.32. The van der Waals surface area contributed by atoms with Crippen LogP contribution in [-0.4, -0.2) is 17.2 Å². The highest BCUT2D eigenvalue weighted by Crippen LogP contribution is 2.24. The van der Waals surface area contributed by atoms with E-state index in [-0.39, 0.29) is 0 Å². The lowest BCUT2D eigenvalue weighted by Gasteiger charge is -2.18. The average molecular weight is 380 g/mol. The molecule has 1 rings (SSSR count). The molecule has 0 bridgehead atoms. The normalized spacial score (nSPS) is 12.0. The Kier molecular flexibility index (Phi) is 6.67. The Morgan fingerprint density at radius 3 is 2.44 bits per heavy atom. The van der Waals surface area contributed by atoms with Gasteiger partial charge >= 0.3 is 0 Å². The number of hydroxylamine groups is 1. The third kappa shape index (κ3) is 4.96. The van der Waals surface area contributed by atoms with Crippen molar-refractivity contribution in [3.8, 4) is 0 Å². The lowest BCUT2D eigenvalue weighted by molar-refractivity contribution is -0.130. The van der Waals surface area contributed by atoms with Gasteiger partial charge < -0.3 is 5.32 Å². The van der Waals surface area contributed by atoms with Crippen molar-refractivity contribution in [3.05, 3.63) is 27.1 Å². The Morgan fingerprint density at radius 2 is 1.94 bits per heavy atom. The van der Waals surface area contributed by atoms with Gasteiger partial charge in [0.05, 0.1) is 0 Å². The first-order chi connectivity index (χ1) is 8.56. The largest absolute Gasteiger partial charge is 0.374 e. The maximum Gasteiger partial charge on any atom is 0.265 e. The summed E-state index contributed by atoms with van der Waals surface area (Å²) >= 11 is 6.78. The number of hydrogen-bond donors (Lipinski definition) is 3. The zero-order chi connectivity index (χ0) is 13.5. The van der Waals surface area contributed by atoms with Crippen LogP contribution in [0.4, 0.5) is 5.69 Å². The molecule has 0 fully saturated rings. The summed E-state index contributed by atoms with van der Waals surface area (Å²) in [6.45, 7) is 2.06. The first kappa shape index (κ1) is 15.5. The standard InChI is InChI=1S/C12H16Br2N2O2/c1-2-3-4-11(12(17)16-18)15-10-6-8(13)5-9(14)7-10/h5-7,11,15,18H,2-4H2,1H3,(H,16,17). The van der Waals surface area contributed by atoms with Crippen LogP contribution < -0.4 is 10.8 Å². The van der Waals surface area contributed by atoms with Crippen LogP contribution in [0.2, 0.25) is 0 Å². The summed E-state index contributed by atoms with van der Waals surface area (Å²) < 4.78 is 1.83. The lowest BCUT2D eigenvalue weighted by atomic mass is 10.1. The second kappa shape index (κ2) is 7.76. The molecule has 18 heavy (non-hydrogen) atoms. The molecule has 1 amide bonds. The predicted octanol–water partition coefficient (Wildman–Crippen LogP) is 3.69. The summed E-state index contributed by atoms with van der Waals surface area (Å²) in [5.74, 6) is -0.417. The summed E-state index contributed by atoms with van der Waals surface area (Å²) in [7, 11) is 0. The number of carbonyl (C=O) groups is 1. The smallest absolute Gasteiger partial charge is 0.265 e. The maximum absolute atomic E-state index is 11.5. The summed E-state index contributed by atoms with van der Waals surface area (Å²) in [6.07, 6.45) is 2.59. The van der Waals surface area contributed by atoms with Gasteiger partial charge in [0.1, 0.15) is 6.04 Å². The molecule has 0 aliphatic heterocycles. The molecule has 0 aliphatic rings. The van der Waals surface area contributed by atoms with Gasteiger partial charge in [-0.1, -0.05) is 51.6 Å². The number of nitrogens with one attached hydrogen (secondary N) is 2. The van der Waals surface area contributed by atoms with E-state index in [0.29, 0.717) is 6.42 Å². The molecule has 0 spiro atoms. The van der Waals surface area contributed by atoms with Crippen LogP contribution in [0.15, 0.2) is 27.1 Å². The number of benzene rings is 1. The molecule has 4 nitrogen and oxygen atoms in total. The molecule has 0 aromatic heterocycles. The van der Waals surface area contributed by atoms with Crippen molar-refractivity contribution in [1.82, 2.24) is 5.48 Å². The average Bonchev–Trinajstić information content (AvgIpc) is 2.32. The maximum atomic E-state index is 11.5. The van der Waals surface area contributed by atoms with E-state index in [1.54, 1.807) is 5.48 Å². The Balaban J connectivity index is 2.78. The van der Waals surface area contributed by atoms with Crippen LogP contribution in [0.3, 0.4) is 0 Å². The second-order valence-corrected chi connectivity index (χ2v) is 5.80. The number of rotatable bonds is 6. The van der Waals surface area contributed by atoms with E-state index in [1.165, 1.54) is 0 Å². The molecule has 0 saturated carbocycles. The fourth-order valence-electron chi connectivity index (χ4n) is 1.59. The van der Waals surface area contributed by atoms with E-state index in [0.717, 1.165) is 27.5 Å². The van der Waals surface area contributed by atoms with E-state index in [9.17, 15) is 4.79 Å². The molecule has 0 radical (unpaired) electrons. The number of unbranched alkanes of at least 4 members (excludes halogenated alkanes) is 1. The third-order valence-electron chi connectivity index (χ3n) is 2.48. The van der Waals surface area contributed by atoms with E-state index < -0.39 is 11.9 Å². The molecule has 1 aromatic carbocycles. The fourth-order valence-corrected chi connectivity index (χ4v) is 2.89. The highest BCUT2D eigenvalue weighted by molar-refractivity contribution is 9.11. The molecule has 0 aliphatic carbocycles. The highest BCUT2D eigenvalue weighted by Gasteiger charge is 2.17. The summed E-state index contributed by atoms with van der Waals surface area (Å²) in [5.41, 5.74) is 2.52. The topological polar surface area (TPSA) is 61.4 Å². The molecule has 1 atom stereocenters. The van der Waals surface area contributed by atoms with Crippen molar-refractivity contribution in [2.24, 2.45) is 0 Å². The molecule has 1 unspecified atom stereocenters. The van der Waals surface area contributed by atoms with Gasteiger partial charge in [0, 0.05) is 14.6 Å². The Morgan fingerprint density at radius 1 is 1.33 bits per heavy atom. The van der Waals surface area contributed by atoms with E-state index in [2.05, 4.69) is 44.1 Å². The van der Waals surface area contributed by atoms with Crippen molar-refractivity contribution in [1.29, 1.82) is 0 Å². The quantitative estimate of drug-likeness (QED) is 0.521. The van der Waals surface area contributed by atoms with Gasteiger partial charge in [0.2, 0.25) is 0 Å². The van der Waals surface area contributed by atoms with E-state index in [1.807, 2.05) is 18.2 Å². The molecular formula is C12H16Br2N2O2. The Bertz CT molecular complexity index is 393. The van der Waals surface area contributed by atoms with Crippen LogP contribution in [0, 0.1) is 0 Å². The highest BCUT2D eigenvalue weighted by atomic mass is 79.9. The number of halogens is 2. The van der Waals surface area contributed by atoms with Gasteiger partial charge in [0.15, 0.2) is 0 Å². The van der Waals surface area contributed by atoms with Crippen molar-refractivity contribution in [2.45, 2.75) is 32.2 Å². The Hall–Kier alpha value is -0.590. The van der Waals surface area contributed by atoms with Crippen LogP contribution >= 0.6 is 31.9 Å². The SMILES string of the molecule is CCCCC(Nc1cc(Br)cc(Br)c1)C(=O)NO. The summed E-state index contributed by atoms with van der Waals surface area (Å²) in [5, 5.41) is 11.8. The van der Waals surface area contributed by atoms with Gasteiger partial charge in [-0.25, -0.2) is 5.48 Å². The monoisotopic (exact) mass is 378 g/mol. The zero-order valence-corrected chi connectivity index (χ0v) is 13.2. The van der Waals surface area contributed by atoms with Crippen LogP contribution in [0.1, 0.15) is 26.2 Å². The molecular weight excluding hydrogens is 364 g/mol. The van der Waals surface area contributed by atoms with Crippen LogP contribution in [-0.2, 0) is 4.79 Å². The number of carbonyl (C=O) groups excluding carboxylic acids is 1. The Labute approximate surface area is 123 Å². The van der Waals surface area contributed by atoms with Crippen LogP contribution in [0.25, 0.3) is 0 Å². The van der Waals surface area contributed by atoms with E-state index >= 15 is 0 Å². The van der Waals surface area contributed by atoms with Gasteiger partial charge in [-0.2, -0.15) is 0 Å². The van der Waals surface area contributed by atoms with Gasteiger partial charge in [-0.05, 0) is 24.6 Å². The zero-order valence-electron chi connectivity index (χ0n) is 10.0. The van der Waals surface area contributed by atoms with Gasteiger partial charge in [0.25, 0.3) is 5.91 Å². The first-order valence-electron chi connectivity index (χ1n) is 5.73. The minimum absolute atomic E-state index is 0.417. The molecule has 100 valence electrons. The van der Waals surface area contributed by atoms with Crippen LogP contribution in [0.5, 0.6) is 0 Å². The minimum atomic E-state index is -0.434. The summed E-state index contributed by atoms with van der Waals surface area (Å²) in [6, 6.07) is 5.25. The molecule has 0 saturated heterocycles. The molecule has 0 heterocycles. The van der Waals surface area contributed by atoms with Crippen molar-refractivity contribution >= 4 is 43.5 Å². The molecule has 1 aromatic rings. The third-order valence-corrected chi connectivity index (χ3v) is 3.39. The lowest BCUT2D eigenvalue weighted by Crippen LogP contribution is -2.38. The number of hydrogen-bond acceptors (Lipinski definition) is 3. The number of anilines is 1. The van der Waals surface area contributed by atoms with Crippen molar-refractivity contribution in [3.63, 3.8) is 0 Å². The molecule has 6 heteroatoms. The minimum Gasteiger partial charge on any atom is -0.374 e. The van der Waals surface area contributed by atoms with Gasteiger partial charge in [-0.3, -0.25) is 10.0 Å². The van der Waals surface area contributed by atoms with E-state index in [4.69, 9.17) is 5.21 Å². The summed E-state index contributed by atoms with van der Waals surface area (Å²) in [4.78, 5) is 11.5. The van der Waals surface area contributed by atoms with Crippen molar-refractivity contribution in [2.75, 3.05) is 5.32 Å².